The van der Waals surface area contributed by atoms with Crippen LogP contribution in [0.5, 0.6) is 5.75 Å². The number of ether oxygens (including phenoxy) is 1. The number of benzene rings is 1. The molecule has 1 aromatic carbocycles. The molecule has 3 nitrogen and oxygen atoms in total. The number of anilines is 1. The highest BCUT2D eigenvalue weighted by atomic mass is 35.5. The van der Waals surface area contributed by atoms with Crippen LogP contribution in [0.4, 0.5) is 5.82 Å². The van der Waals surface area contributed by atoms with Crippen LogP contribution < -0.4 is 10.1 Å². The molecular formula is C15H19ClN2O. The van der Waals surface area contributed by atoms with Crippen molar-refractivity contribution < 1.29 is 4.74 Å². The Labute approximate surface area is 118 Å². The SMILES string of the molecule is CCNc1nc2cc(OC)c(Cl)cc2cc1C(C)C. The van der Waals surface area contributed by atoms with Crippen LogP contribution in [0, 0.1) is 0 Å². The fourth-order valence-corrected chi connectivity index (χ4v) is 2.35. The van der Waals surface area contributed by atoms with Crippen LogP contribution in [-0.4, -0.2) is 18.6 Å². The highest BCUT2D eigenvalue weighted by molar-refractivity contribution is 6.32. The predicted molar refractivity (Wildman–Crippen MR) is 81.6 cm³/mol. The molecule has 0 spiro atoms. The van der Waals surface area contributed by atoms with Gasteiger partial charge in [0.05, 0.1) is 17.6 Å². The number of fused-ring (bicyclic) bond motifs is 1. The largest absolute Gasteiger partial charge is 0.495 e. The summed E-state index contributed by atoms with van der Waals surface area (Å²) in [6.45, 7) is 7.24. The molecule has 0 unspecified atom stereocenters. The van der Waals surface area contributed by atoms with Gasteiger partial charge in [-0.3, -0.25) is 0 Å². The van der Waals surface area contributed by atoms with Crippen LogP contribution in [-0.2, 0) is 0 Å². The summed E-state index contributed by atoms with van der Waals surface area (Å²) in [7, 11) is 1.61. The molecule has 1 heterocycles. The van der Waals surface area contributed by atoms with E-state index in [0.717, 1.165) is 23.3 Å². The minimum atomic E-state index is 0.409. The summed E-state index contributed by atoms with van der Waals surface area (Å²) in [4.78, 5) is 4.69. The molecular weight excluding hydrogens is 260 g/mol. The summed E-state index contributed by atoms with van der Waals surface area (Å²) in [6.07, 6.45) is 0. The van der Waals surface area contributed by atoms with E-state index in [-0.39, 0.29) is 0 Å². The Balaban J connectivity index is 2.66. The molecule has 0 fully saturated rings. The maximum Gasteiger partial charge on any atom is 0.139 e. The van der Waals surface area contributed by atoms with Gasteiger partial charge >= 0.3 is 0 Å². The van der Waals surface area contributed by atoms with E-state index in [1.807, 2.05) is 12.1 Å². The fourth-order valence-electron chi connectivity index (χ4n) is 2.10. The van der Waals surface area contributed by atoms with E-state index in [1.54, 1.807) is 7.11 Å². The minimum Gasteiger partial charge on any atom is -0.495 e. The van der Waals surface area contributed by atoms with Crippen LogP contribution in [0.1, 0.15) is 32.3 Å². The van der Waals surface area contributed by atoms with Gasteiger partial charge in [0.2, 0.25) is 0 Å². The number of pyridine rings is 1. The van der Waals surface area contributed by atoms with Crippen molar-refractivity contribution in [2.45, 2.75) is 26.7 Å². The van der Waals surface area contributed by atoms with Gasteiger partial charge in [-0.05, 0) is 30.5 Å². The van der Waals surface area contributed by atoms with Crippen molar-refractivity contribution in [3.05, 3.63) is 28.8 Å². The van der Waals surface area contributed by atoms with E-state index in [4.69, 9.17) is 16.3 Å². The van der Waals surface area contributed by atoms with Gasteiger partial charge < -0.3 is 10.1 Å². The van der Waals surface area contributed by atoms with E-state index in [0.29, 0.717) is 16.7 Å². The van der Waals surface area contributed by atoms with E-state index in [1.165, 1.54) is 5.56 Å². The number of aromatic nitrogens is 1. The first-order chi connectivity index (χ1) is 9.06. The topological polar surface area (TPSA) is 34.2 Å². The Kier molecular flexibility index (Phi) is 4.15. The van der Waals surface area contributed by atoms with E-state index in [2.05, 4.69) is 37.1 Å². The molecule has 102 valence electrons. The minimum absolute atomic E-state index is 0.409. The molecule has 0 amide bonds. The predicted octanol–water partition coefficient (Wildman–Crippen LogP) is 4.45. The van der Waals surface area contributed by atoms with Crippen LogP contribution >= 0.6 is 11.6 Å². The average molecular weight is 279 g/mol. The number of nitrogens with zero attached hydrogens (tertiary/aromatic N) is 1. The van der Waals surface area contributed by atoms with Crippen molar-refractivity contribution in [3.8, 4) is 5.75 Å². The lowest BCUT2D eigenvalue weighted by Gasteiger charge is -2.15. The summed E-state index contributed by atoms with van der Waals surface area (Å²) >= 11 is 6.17. The van der Waals surface area contributed by atoms with Gasteiger partial charge in [-0.25, -0.2) is 4.98 Å². The van der Waals surface area contributed by atoms with Crippen molar-refractivity contribution in [2.24, 2.45) is 0 Å². The van der Waals surface area contributed by atoms with Gasteiger partial charge in [0.25, 0.3) is 0 Å². The number of hydrogen-bond donors (Lipinski definition) is 1. The van der Waals surface area contributed by atoms with Crippen LogP contribution in [0.2, 0.25) is 5.02 Å². The number of hydrogen-bond acceptors (Lipinski definition) is 3. The molecule has 2 rings (SSSR count). The van der Waals surface area contributed by atoms with Crippen LogP contribution in [0.3, 0.4) is 0 Å². The molecule has 0 bridgehead atoms. The summed E-state index contributed by atoms with van der Waals surface area (Å²) in [5, 5.41) is 4.97. The van der Waals surface area contributed by atoms with Gasteiger partial charge in [0.1, 0.15) is 11.6 Å². The Morgan fingerprint density at radius 3 is 2.63 bits per heavy atom. The first-order valence-electron chi connectivity index (χ1n) is 6.48. The van der Waals surface area contributed by atoms with Crippen LogP contribution in [0.25, 0.3) is 10.9 Å². The second kappa shape index (κ2) is 5.66. The third-order valence-electron chi connectivity index (χ3n) is 3.08. The molecule has 1 aromatic heterocycles. The van der Waals surface area contributed by atoms with Crippen molar-refractivity contribution >= 4 is 28.3 Å². The summed E-state index contributed by atoms with van der Waals surface area (Å²) in [5.74, 6) is 2.00. The Bertz CT molecular complexity index is 596. The van der Waals surface area contributed by atoms with Crippen molar-refractivity contribution in [3.63, 3.8) is 0 Å². The molecule has 1 N–H and O–H groups in total. The van der Waals surface area contributed by atoms with Crippen molar-refractivity contribution in [2.75, 3.05) is 19.0 Å². The van der Waals surface area contributed by atoms with Gasteiger partial charge in [-0.1, -0.05) is 25.4 Å². The van der Waals surface area contributed by atoms with E-state index >= 15 is 0 Å². The third kappa shape index (κ3) is 2.76. The van der Waals surface area contributed by atoms with E-state index in [9.17, 15) is 0 Å². The number of methoxy groups -OCH3 is 1. The summed E-state index contributed by atoms with van der Waals surface area (Å²) < 4.78 is 5.24. The zero-order valence-electron chi connectivity index (χ0n) is 11.7. The average Bonchev–Trinajstić information content (AvgIpc) is 2.37. The molecule has 2 aromatic rings. The van der Waals surface area contributed by atoms with Gasteiger partial charge in [0.15, 0.2) is 0 Å². The smallest absolute Gasteiger partial charge is 0.139 e. The maximum absolute atomic E-state index is 6.17. The Morgan fingerprint density at radius 1 is 1.32 bits per heavy atom. The first kappa shape index (κ1) is 13.9. The van der Waals surface area contributed by atoms with Gasteiger partial charge in [-0.15, -0.1) is 0 Å². The molecule has 0 aliphatic heterocycles. The zero-order chi connectivity index (χ0) is 14.0. The second-order valence-corrected chi connectivity index (χ2v) is 5.20. The highest BCUT2D eigenvalue weighted by Crippen LogP contribution is 2.33. The van der Waals surface area contributed by atoms with Gasteiger partial charge in [0, 0.05) is 18.0 Å². The lowest BCUT2D eigenvalue weighted by atomic mass is 10.0. The van der Waals surface area contributed by atoms with E-state index < -0.39 is 0 Å². The van der Waals surface area contributed by atoms with Crippen molar-refractivity contribution in [1.29, 1.82) is 0 Å². The lowest BCUT2D eigenvalue weighted by Crippen LogP contribution is -2.05. The summed E-state index contributed by atoms with van der Waals surface area (Å²) in [6, 6.07) is 5.93. The molecule has 0 aliphatic rings. The fraction of sp³-hybridized carbons (Fsp3) is 0.400. The standard InChI is InChI=1S/C15H19ClN2O/c1-5-17-15-11(9(2)3)6-10-7-12(16)14(19-4)8-13(10)18-15/h6-9H,5H2,1-4H3,(H,17,18). The Hall–Kier alpha value is -1.48. The van der Waals surface area contributed by atoms with Gasteiger partial charge in [-0.2, -0.15) is 0 Å². The lowest BCUT2D eigenvalue weighted by molar-refractivity contribution is 0.415. The highest BCUT2D eigenvalue weighted by Gasteiger charge is 2.12. The zero-order valence-corrected chi connectivity index (χ0v) is 12.5. The third-order valence-corrected chi connectivity index (χ3v) is 3.38. The Morgan fingerprint density at radius 2 is 2.05 bits per heavy atom. The van der Waals surface area contributed by atoms with Crippen molar-refractivity contribution in [1.82, 2.24) is 4.98 Å². The normalized spacial score (nSPS) is 11.1. The quantitative estimate of drug-likeness (QED) is 0.897. The molecule has 0 saturated carbocycles. The second-order valence-electron chi connectivity index (χ2n) is 4.79. The molecule has 0 radical (unpaired) electrons. The molecule has 0 aliphatic carbocycles. The number of nitrogens with one attached hydrogen (secondary N) is 1. The molecule has 0 atom stereocenters. The summed E-state index contributed by atoms with van der Waals surface area (Å²) in [5.41, 5.74) is 2.09. The molecule has 4 heteroatoms. The number of rotatable bonds is 4. The van der Waals surface area contributed by atoms with Crippen LogP contribution in [0.15, 0.2) is 18.2 Å². The molecule has 19 heavy (non-hydrogen) atoms. The number of halogens is 1. The monoisotopic (exact) mass is 278 g/mol. The first-order valence-corrected chi connectivity index (χ1v) is 6.86. The molecule has 0 saturated heterocycles. The maximum atomic E-state index is 6.17.